The zero-order valence-electron chi connectivity index (χ0n) is 18.0. The predicted octanol–water partition coefficient (Wildman–Crippen LogP) is 1.38. The summed E-state index contributed by atoms with van der Waals surface area (Å²) >= 11 is 0. The summed E-state index contributed by atoms with van der Waals surface area (Å²) in [7, 11) is -4.60. The quantitative estimate of drug-likeness (QED) is 0.363. The van der Waals surface area contributed by atoms with E-state index in [0.717, 1.165) is 26.1 Å². The van der Waals surface area contributed by atoms with Gasteiger partial charge in [-0.2, -0.15) is 10.1 Å². The number of aromatic nitrogens is 2. The minimum atomic E-state index is -4.60. The number of carbonyl (C=O) groups is 1. The third-order valence-corrected chi connectivity index (χ3v) is 6.58. The second-order valence-corrected chi connectivity index (χ2v) is 9.41. The van der Waals surface area contributed by atoms with E-state index in [9.17, 15) is 19.3 Å². The molecule has 1 aromatic heterocycles. The lowest BCUT2D eigenvalue weighted by Crippen LogP contribution is -2.47. The van der Waals surface area contributed by atoms with Crippen LogP contribution in [-0.2, 0) is 18.6 Å². The van der Waals surface area contributed by atoms with Crippen LogP contribution in [0.4, 0.5) is 14.6 Å². The van der Waals surface area contributed by atoms with E-state index in [-0.39, 0.29) is 11.6 Å². The fourth-order valence-corrected chi connectivity index (χ4v) is 4.65. The van der Waals surface area contributed by atoms with Gasteiger partial charge in [-0.3, -0.25) is 13.9 Å². The number of aliphatic hydroxyl groups is 1. The molecular weight excluding hydrogens is 481 g/mol. The number of hydrogen-bond donors (Lipinski definition) is 4. The Morgan fingerprint density at radius 3 is 2.62 bits per heavy atom. The fraction of sp³-hybridized carbons (Fsp3) is 0.421. The van der Waals surface area contributed by atoms with Gasteiger partial charge in [-0.15, -0.1) is 0 Å². The van der Waals surface area contributed by atoms with Gasteiger partial charge in [0.1, 0.15) is 24.2 Å². The Kier molecular flexibility index (Phi) is 7.10. The molecule has 186 valence electrons. The summed E-state index contributed by atoms with van der Waals surface area (Å²) in [6.07, 6.45) is -3.50. The summed E-state index contributed by atoms with van der Waals surface area (Å²) in [5, 5.41) is 21.6. The molecule has 1 aliphatic heterocycles. The molecule has 15 heteroatoms. The zero-order valence-corrected chi connectivity index (χ0v) is 18.9. The maximum atomic E-state index is 15.6. The molecule has 1 saturated heterocycles. The van der Waals surface area contributed by atoms with Crippen LogP contribution in [-0.4, -0.2) is 56.0 Å². The molecule has 34 heavy (non-hydrogen) atoms. The number of anilines is 1. The molecule has 0 amide bonds. The summed E-state index contributed by atoms with van der Waals surface area (Å²) in [6.45, 7) is 0.566. The van der Waals surface area contributed by atoms with Gasteiger partial charge in [-0.1, -0.05) is 18.2 Å². The maximum absolute atomic E-state index is 15.6. The number of aliphatic carboxylic acids is 1. The van der Waals surface area contributed by atoms with Crippen LogP contribution in [0.15, 0.2) is 47.4 Å². The third-order valence-electron chi connectivity index (χ3n) is 4.96. The number of para-hydroxylation sites is 1. The van der Waals surface area contributed by atoms with E-state index in [4.69, 9.17) is 24.6 Å². The Balaban J connectivity index is 1.86. The molecule has 1 fully saturated rings. The summed E-state index contributed by atoms with van der Waals surface area (Å²) in [5.74, 6) is -4.92. The van der Waals surface area contributed by atoms with E-state index in [1.807, 2.05) is 0 Å². The van der Waals surface area contributed by atoms with Crippen molar-refractivity contribution in [2.45, 2.75) is 43.7 Å². The number of ether oxygens (including phenoxy) is 1. The van der Waals surface area contributed by atoms with E-state index in [2.05, 4.69) is 10.1 Å². The van der Waals surface area contributed by atoms with Crippen molar-refractivity contribution in [1.82, 2.24) is 14.6 Å². The van der Waals surface area contributed by atoms with Crippen molar-refractivity contribution in [2.24, 2.45) is 0 Å². The predicted molar refractivity (Wildman–Crippen MR) is 113 cm³/mol. The number of aliphatic hydroxyl groups excluding tert-OH is 1. The van der Waals surface area contributed by atoms with Crippen molar-refractivity contribution in [3.8, 4) is 5.75 Å². The van der Waals surface area contributed by atoms with Crippen LogP contribution in [0.25, 0.3) is 0 Å². The van der Waals surface area contributed by atoms with Crippen LogP contribution < -0.4 is 21.0 Å². The van der Waals surface area contributed by atoms with Gasteiger partial charge in [-0.05, 0) is 32.0 Å². The van der Waals surface area contributed by atoms with Crippen LogP contribution in [0, 0.1) is 0 Å². The number of carboxylic acids is 1. The van der Waals surface area contributed by atoms with E-state index in [1.54, 1.807) is 6.07 Å². The molecular formula is C19H23F2N4O8P. The lowest BCUT2D eigenvalue weighted by Gasteiger charge is -2.27. The number of nitrogens with zero attached hydrogens (tertiary/aromatic N) is 2. The molecule has 1 aliphatic rings. The molecule has 2 heterocycles. The van der Waals surface area contributed by atoms with Crippen LogP contribution in [0.3, 0.4) is 0 Å². The van der Waals surface area contributed by atoms with Gasteiger partial charge in [0.25, 0.3) is 5.85 Å². The van der Waals surface area contributed by atoms with E-state index >= 15 is 8.78 Å². The summed E-state index contributed by atoms with van der Waals surface area (Å²) in [4.78, 5) is 26.7. The lowest BCUT2D eigenvalue weighted by molar-refractivity contribution is -0.203. The number of carboxylic acid groups (broad SMARTS) is 1. The van der Waals surface area contributed by atoms with Gasteiger partial charge in [0, 0.05) is 6.20 Å². The zero-order chi connectivity index (χ0) is 25.3. The number of benzene rings is 1. The lowest BCUT2D eigenvalue weighted by atomic mass is 9.97. The Labute approximate surface area is 191 Å². The number of nitrogen functional groups attached to an aromatic ring is 1. The standard InChI is InChI=1S/C19H23F2N4O8P/c1-11(14(26)27)24-34(30,33-12-6-4-3-5-7-12)31-10-19(21)15(28)18(2,20)16(32-19)25-9-8-13(22)23-17(25)29/h3-9,11,15-16,28H,10H2,1-2H3,(H,24,30)(H,26,27)(H2,22,23,29)/t11-,15-,16+,18+,19+,34?/m0/s1. The molecule has 5 N–H and O–H groups in total. The minimum Gasteiger partial charge on any atom is -0.480 e. The topological polar surface area (TPSA) is 175 Å². The first-order valence-corrected chi connectivity index (χ1v) is 11.4. The number of hydrogen-bond acceptors (Lipinski definition) is 9. The van der Waals surface area contributed by atoms with Crippen molar-refractivity contribution in [1.29, 1.82) is 0 Å². The molecule has 0 aliphatic carbocycles. The van der Waals surface area contributed by atoms with Gasteiger partial charge in [0.2, 0.25) is 0 Å². The molecule has 0 spiro atoms. The first-order valence-electron chi connectivity index (χ1n) is 9.85. The number of nitrogens with one attached hydrogen (secondary N) is 1. The highest BCUT2D eigenvalue weighted by atomic mass is 31.2. The number of rotatable bonds is 9. The second kappa shape index (κ2) is 9.39. The molecule has 1 unspecified atom stereocenters. The average Bonchev–Trinajstić information content (AvgIpc) is 2.93. The maximum Gasteiger partial charge on any atom is 0.459 e. The van der Waals surface area contributed by atoms with E-state index in [0.29, 0.717) is 4.57 Å². The Morgan fingerprint density at radius 2 is 2.03 bits per heavy atom. The van der Waals surface area contributed by atoms with Crippen LogP contribution in [0.5, 0.6) is 5.75 Å². The summed E-state index contributed by atoms with van der Waals surface area (Å²) in [6, 6.07) is 7.12. The Morgan fingerprint density at radius 1 is 1.38 bits per heavy atom. The molecule has 0 saturated carbocycles. The van der Waals surface area contributed by atoms with Gasteiger partial charge in [0.15, 0.2) is 18.0 Å². The van der Waals surface area contributed by atoms with Crippen LogP contribution in [0.2, 0.25) is 0 Å². The van der Waals surface area contributed by atoms with Crippen molar-refractivity contribution in [3.05, 3.63) is 53.1 Å². The highest BCUT2D eigenvalue weighted by Gasteiger charge is 2.65. The molecule has 6 atom stereocenters. The van der Waals surface area contributed by atoms with Gasteiger partial charge in [-0.25, -0.2) is 18.1 Å². The fourth-order valence-electron chi connectivity index (χ4n) is 3.14. The highest BCUT2D eigenvalue weighted by Crippen LogP contribution is 2.51. The molecule has 12 nitrogen and oxygen atoms in total. The largest absolute Gasteiger partial charge is 0.480 e. The first kappa shape index (κ1) is 25.7. The van der Waals surface area contributed by atoms with Crippen molar-refractivity contribution < 1.29 is 42.1 Å². The molecule has 1 aromatic carbocycles. The van der Waals surface area contributed by atoms with Crippen molar-refractivity contribution >= 4 is 19.5 Å². The minimum absolute atomic E-state index is 0.00979. The SMILES string of the molecule is C[C@H](NP(=O)(OC[C@@]1(F)O[C@@H](n2ccc(N)nc2=O)[C@](C)(F)[C@@H]1O)Oc1ccccc1)C(=O)O. The highest BCUT2D eigenvalue weighted by molar-refractivity contribution is 7.52. The van der Waals surface area contributed by atoms with Crippen LogP contribution >= 0.6 is 7.75 Å². The van der Waals surface area contributed by atoms with Crippen molar-refractivity contribution in [2.75, 3.05) is 12.3 Å². The van der Waals surface area contributed by atoms with Gasteiger partial charge in [0.05, 0.1) is 0 Å². The summed E-state index contributed by atoms with van der Waals surface area (Å²) in [5.41, 5.74) is 1.46. The molecule has 0 bridgehead atoms. The molecule has 0 radical (unpaired) electrons. The summed E-state index contributed by atoms with van der Waals surface area (Å²) < 4.78 is 60.0. The Hall–Kier alpha value is -2.90. The van der Waals surface area contributed by atoms with Gasteiger partial charge >= 0.3 is 19.4 Å². The first-order chi connectivity index (χ1) is 15.8. The van der Waals surface area contributed by atoms with Crippen LogP contribution in [0.1, 0.15) is 20.1 Å². The Bertz CT molecular complexity index is 1150. The van der Waals surface area contributed by atoms with Crippen molar-refractivity contribution in [3.63, 3.8) is 0 Å². The third kappa shape index (κ3) is 5.26. The molecule has 3 rings (SSSR count). The number of halogens is 2. The number of alkyl halides is 2. The smallest absolute Gasteiger partial charge is 0.459 e. The average molecular weight is 504 g/mol. The second-order valence-electron chi connectivity index (χ2n) is 7.72. The monoisotopic (exact) mass is 504 g/mol. The normalized spacial score (nSPS) is 29.3. The van der Waals surface area contributed by atoms with Gasteiger partial charge < -0.3 is 25.2 Å². The van der Waals surface area contributed by atoms with E-state index < -0.39 is 55.9 Å². The molecule has 2 aromatic rings. The number of nitrogens with two attached hydrogens (primary N) is 1. The van der Waals surface area contributed by atoms with E-state index in [1.165, 1.54) is 24.3 Å².